The average molecular weight is 402 g/mol. The van der Waals surface area contributed by atoms with Crippen LogP contribution in [0.3, 0.4) is 0 Å². The number of nitrogens with zero attached hydrogens (tertiary/aromatic N) is 4. The topological polar surface area (TPSA) is 45.4 Å². The van der Waals surface area contributed by atoms with Crippen molar-refractivity contribution in [3.63, 3.8) is 0 Å². The van der Waals surface area contributed by atoms with Crippen LogP contribution in [0.2, 0.25) is 0 Å². The van der Waals surface area contributed by atoms with Gasteiger partial charge in [0.25, 0.3) is 0 Å². The molecular formula is C21H21F3N4O. The maximum absolute atomic E-state index is 12.7. The number of aromatic nitrogens is 2. The molecule has 4 rings (SSSR count). The molecule has 1 aliphatic heterocycles. The number of hydrogen-bond acceptors (Lipinski definition) is 5. The summed E-state index contributed by atoms with van der Waals surface area (Å²) in [5, 5.41) is 0. The Morgan fingerprint density at radius 3 is 2.45 bits per heavy atom. The minimum absolute atomic E-state index is 0.572. The van der Waals surface area contributed by atoms with Crippen molar-refractivity contribution in [1.29, 1.82) is 0 Å². The fourth-order valence-corrected chi connectivity index (χ4v) is 3.41. The highest BCUT2D eigenvalue weighted by atomic mass is 19.4. The lowest BCUT2D eigenvalue weighted by Gasteiger charge is -2.22. The number of oxazole rings is 1. The Morgan fingerprint density at radius 2 is 1.72 bits per heavy atom. The van der Waals surface area contributed by atoms with Gasteiger partial charge in [-0.2, -0.15) is 13.2 Å². The van der Waals surface area contributed by atoms with Gasteiger partial charge in [0.05, 0.1) is 18.3 Å². The molecule has 0 saturated carbocycles. The molecule has 0 amide bonds. The smallest absolute Gasteiger partial charge is 0.417 e. The van der Waals surface area contributed by atoms with Gasteiger partial charge in [0.2, 0.25) is 5.89 Å². The fraction of sp³-hybridized carbons (Fsp3) is 0.333. The van der Waals surface area contributed by atoms with Crippen LogP contribution >= 0.6 is 0 Å². The van der Waals surface area contributed by atoms with Crippen molar-refractivity contribution in [2.75, 3.05) is 31.1 Å². The molecule has 0 atom stereocenters. The molecule has 0 aliphatic carbocycles. The molecule has 0 radical (unpaired) electrons. The van der Waals surface area contributed by atoms with E-state index in [-0.39, 0.29) is 0 Å². The molecule has 152 valence electrons. The van der Waals surface area contributed by atoms with Crippen molar-refractivity contribution in [2.24, 2.45) is 0 Å². The van der Waals surface area contributed by atoms with Gasteiger partial charge >= 0.3 is 6.18 Å². The first kappa shape index (κ1) is 19.4. The van der Waals surface area contributed by atoms with Crippen LogP contribution in [0, 0.1) is 0 Å². The number of halogens is 3. The molecule has 8 heteroatoms. The van der Waals surface area contributed by atoms with E-state index in [1.807, 2.05) is 35.2 Å². The van der Waals surface area contributed by atoms with E-state index in [4.69, 9.17) is 4.42 Å². The van der Waals surface area contributed by atoms with Gasteiger partial charge in [-0.05, 0) is 18.6 Å². The third kappa shape index (κ3) is 4.76. The SMILES string of the molecule is FC(F)(F)c1ccc(N2CCCN(Cc3ncc(-c4ccccc4)o3)CC2)nc1. The zero-order chi connectivity index (χ0) is 20.3. The summed E-state index contributed by atoms with van der Waals surface area (Å²) in [6.07, 6.45) is -0.846. The third-order valence-electron chi connectivity index (χ3n) is 4.96. The molecule has 29 heavy (non-hydrogen) atoms. The summed E-state index contributed by atoms with van der Waals surface area (Å²) in [4.78, 5) is 12.7. The van der Waals surface area contributed by atoms with E-state index in [9.17, 15) is 13.2 Å². The van der Waals surface area contributed by atoms with Crippen LogP contribution in [-0.4, -0.2) is 41.0 Å². The van der Waals surface area contributed by atoms with Gasteiger partial charge in [-0.15, -0.1) is 0 Å². The zero-order valence-electron chi connectivity index (χ0n) is 15.8. The minimum atomic E-state index is -4.37. The standard InChI is InChI=1S/C21H21F3N4O/c22-21(23,24)17-7-8-19(25-13-17)28-10-4-9-27(11-12-28)15-20-26-14-18(29-20)16-5-2-1-3-6-16/h1-3,5-8,13-14H,4,9-12,15H2. The van der Waals surface area contributed by atoms with E-state index in [0.717, 1.165) is 49.6 Å². The second kappa shape index (κ2) is 8.24. The lowest BCUT2D eigenvalue weighted by molar-refractivity contribution is -0.137. The largest absolute Gasteiger partial charge is 0.439 e. The molecule has 0 unspecified atom stereocenters. The average Bonchev–Trinajstić information content (AvgIpc) is 3.06. The van der Waals surface area contributed by atoms with Crippen LogP contribution in [0.15, 0.2) is 59.3 Å². The van der Waals surface area contributed by atoms with Crippen molar-refractivity contribution in [1.82, 2.24) is 14.9 Å². The van der Waals surface area contributed by atoms with Crippen molar-refractivity contribution < 1.29 is 17.6 Å². The Kier molecular flexibility index (Phi) is 5.53. The molecule has 0 N–H and O–H groups in total. The summed E-state index contributed by atoms with van der Waals surface area (Å²) in [6, 6.07) is 12.3. The third-order valence-corrected chi connectivity index (χ3v) is 4.96. The molecule has 1 saturated heterocycles. The quantitative estimate of drug-likeness (QED) is 0.645. The molecule has 0 bridgehead atoms. The predicted octanol–water partition coefficient (Wildman–Crippen LogP) is 4.47. The summed E-state index contributed by atoms with van der Waals surface area (Å²) in [7, 11) is 0. The molecule has 5 nitrogen and oxygen atoms in total. The van der Waals surface area contributed by atoms with Crippen molar-refractivity contribution in [3.05, 3.63) is 66.3 Å². The summed E-state index contributed by atoms with van der Waals surface area (Å²) < 4.78 is 44.0. The maximum atomic E-state index is 12.7. The van der Waals surface area contributed by atoms with Crippen LogP contribution in [-0.2, 0) is 12.7 Å². The zero-order valence-corrected chi connectivity index (χ0v) is 15.8. The molecule has 3 heterocycles. The van der Waals surface area contributed by atoms with E-state index in [0.29, 0.717) is 24.8 Å². The van der Waals surface area contributed by atoms with Gasteiger partial charge < -0.3 is 9.32 Å². The lowest BCUT2D eigenvalue weighted by atomic mass is 10.2. The highest BCUT2D eigenvalue weighted by Crippen LogP contribution is 2.29. The molecular weight excluding hydrogens is 381 g/mol. The molecule has 2 aromatic heterocycles. The number of pyridine rings is 1. The Hall–Kier alpha value is -2.87. The van der Waals surface area contributed by atoms with Gasteiger partial charge in [-0.3, -0.25) is 4.90 Å². The van der Waals surface area contributed by atoms with Gasteiger partial charge in [0, 0.05) is 37.9 Å². The molecule has 1 aliphatic rings. The van der Waals surface area contributed by atoms with Gasteiger partial charge in [-0.1, -0.05) is 30.3 Å². The van der Waals surface area contributed by atoms with Crippen LogP contribution < -0.4 is 4.90 Å². The van der Waals surface area contributed by atoms with E-state index < -0.39 is 11.7 Å². The summed E-state index contributed by atoms with van der Waals surface area (Å²) in [5.41, 5.74) is 0.262. The number of rotatable bonds is 4. The maximum Gasteiger partial charge on any atom is 0.417 e. The molecule has 1 fully saturated rings. The Balaban J connectivity index is 1.36. The first-order chi connectivity index (χ1) is 14.0. The normalized spacial score (nSPS) is 16.0. The van der Waals surface area contributed by atoms with Gasteiger partial charge in [-0.25, -0.2) is 9.97 Å². The number of hydrogen-bond donors (Lipinski definition) is 0. The highest BCUT2D eigenvalue weighted by molar-refractivity contribution is 5.55. The minimum Gasteiger partial charge on any atom is -0.439 e. The van der Waals surface area contributed by atoms with E-state index in [1.165, 1.54) is 6.07 Å². The predicted molar refractivity (Wildman–Crippen MR) is 103 cm³/mol. The Labute approximate surface area is 166 Å². The first-order valence-electron chi connectivity index (χ1n) is 9.50. The van der Waals surface area contributed by atoms with Gasteiger partial charge in [0.1, 0.15) is 5.82 Å². The Bertz CT molecular complexity index is 925. The highest BCUT2D eigenvalue weighted by Gasteiger charge is 2.31. The number of anilines is 1. The first-order valence-corrected chi connectivity index (χ1v) is 9.50. The molecule has 1 aromatic carbocycles. The molecule has 3 aromatic rings. The fourth-order valence-electron chi connectivity index (χ4n) is 3.41. The van der Waals surface area contributed by atoms with Gasteiger partial charge in [0.15, 0.2) is 5.76 Å². The number of alkyl halides is 3. The Morgan fingerprint density at radius 1 is 0.897 bits per heavy atom. The van der Waals surface area contributed by atoms with Crippen molar-refractivity contribution in [2.45, 2.75) is 19.1 Å². The van der Waals surface area contributed by atoms with Crippen molar-refractivity contribution >= 4 is 5.82 Å². The second-order valence-electron chi connectivity index (χ2n) is 7.00. The van der Waals surface area contributed by atoms with Crippen LogP contribution in [0.25, 0.3) is 11.3 Å². The van der Waals surface area contributed by atoms with Crippen LogP contribution in [0.1, 0.15) is 17.9 Å². The molecule has 0 spiro atoms. The van der Waals surface area contributed by atoms with Crippen LogP contribution in [0.5, 0.6) is 0 Å². The van der Waals surface area contributed by atoms with E-state index in [2.05, 4.69) is 14.9 Å². The lowest BCUT2D eigenvalue weighted by Crippen LogP contribution is -2.31. The number of benzene rings is 1. The summed E-state index contributed by atoms with van der Waals surface area (Å²) >= 11 is 0. The van der Waals surface area contributed by atoms with E-state index in [1.54, 1.807) is 6.20 Å². The van der Waals surface area contributed by atoms with Crippen molar-refractivity contribution in [3.8, 4) is 11.3 Å². The van der Waals surface area contributed by atoms with E-state index >= 15 is 0 Å². The summed E-state index contributed by atoms with van der Waals surface area (Å²) in [5.74, 6) is 1.97. The second-order valence-corrected chi connectivity index (χ2v) is 7.00. The monoisotopic (exact) mass is 402 g/mol. The summed E-state index contributed by atoms with van der Waals surface area (Å²) in [6.45, 7) is 3.65. The van der Waals surface area contributed by atoms with Crippen LogP contribution in [0.4, 0.5) is 19.0 Å².